The molecule has 0 unspecified atom stereocenters. The first-order chi connectivity index (χ1) is 7.40. The van der Waals surface area contributed by atoms with Crippen molar-refractivity contribution in [3.63, 3.8) is 0 Å². The van der Waals surface area contributed by atoms with E-state index in [-0.39, 0.29) is 0 Å². The summed E-state index contributed by atoms with van der Waals surface area (Å²) in [4.78, 5) is 0. The smallest absolute Gasteiger partial charge is 0.00330 e. The molecule has 0 N–H and O–H groups in total. The first kappa shape index (κ1) is 8.49. The van der Waals surface area contributed by atoms with E-state index >= 15 is 0 Å². The SMILES string of the molecule is C/C=c1/ccc2cccc3cccc1c32. The first-order valence-corrected chi connectivity index (χ1v) is 5.26. The molecule has 15 heavy (non-hydrogen) atoms. The summed E-state index contributed by atoms with van der Waals surface area (Å²) in [5, 5.41) is 6.71. The minimum Gasteiger partial charge on any atom is -0.0798 e. The third-order valence-corrected chi connectivity index (χ3v) is 3.00. The van der Waals surface area contributed by atoms with Gasteiger partial charge in [0.1, 0.15) is 0 Å². The van der Waals surface area contributed by atoms with Gasteiger partial charge in [-0.15, -0.1) is 0 Å². The maximum atomic E-state index is 2.20. The van der Waals surface area contributed by atoms with Crippen LogP contribution in [0.15, 0.2) is 48.5 Å². The maximum Gasteiger partial charge on any atom is -0.00330 e. The van der Waals surface area contributed by atoms with E-state index in [4.69, 9.17) is 0 Å². The molecule has 3 rings (SSSR count). The van der Waals surface area contributed by atoms with E-state index < -0.39 is 0 Å². The van der Waals surface area contributed by atoms with Crippen LogP contribution in [0.3, 0.4) is 0 Å². The Morgan fingerprint density at radius 1 is 0.800 bits per heavy atom. The first-order valence-electron chi connectivity index (χ1n) is 5.26. The van der Waals surface area contributed by atoms with Gasteiger partial charge in [0.2, 0.25) is 0 Å². The van der Waals surface area contributed by atoms with Gasteiger partial charge in [-0.3, -0.25) is 0 Å². The largest absolute Gasteiger partial charge is 0.0798 e. The van der Waals surface area contributed by atoms with Crippen molar-refractivity contribution < 1.29 is 0 Å². The zero-order chi connectivity index (χ0) is 10.3. The third kappa shape index (κ3) is 1.15. The molecule has 0 nitrogen and oxygen atoms in total. The molecule has 0 heterocycles. The van der Waals surface area contributed by atoms with Crippen LogP contribution in [0.5, 0.6) is 0 Å². The summed E-state index contributed by atoms with van der Waals surface area (Å²) in [6.45, 7) is 2.09. The zero-order valence-corrected chi connectivity index (χ0v) is 8.70. The second-order valence-electron chi connectivity index (χ2n) is 3.83. The molecule has 0 atom stereocenters. The molecule has 0 radical (unpaired) electrons. The predicted molar refractivity (Wildman–Crippen MR) is 66.8 cm³/mol. The molecule has 0 heteroatoms. The molecular formula is C15H12. The van der Waals surface area contributed by atoms with Crippen LogP contribution in [-0.4, -0.2) is 0 Å². The molecule has 0 bridgehead atoms. The lowest BCUT2D eigenvalue weighted by atomic mass is 9.99. The van der Waals surface area contributed by atoms with Crippen LogP contribution in [-0.2, 0) is 0 Å². The van der Waals surface area contributed by atoms with E-state index in [0.29, 0.717) is 0 Å². The van der Waals surface area contributed by atoms with E-state index in [1.165, 1.54) is 26.8 Å². The second kappa shape index (κ2) is 3.09. The van der Waals surface area contributed by atoms with Crippen molar-refractivity contribution >= 4 is 27.6 Å². The van der Waals surface area contributed by atoms with Gasteiger partial charge in [0.05, 0.1) is 0 Å². The number of benzene rings is 3. The van der Waals surface area contributed by atoms with Crippen LogP contribution < -0.4 is 5.22 Å². The van der Waals surface area contributed by atoms with Gasteiger partial charge in [0.25, 0.3) is 0 Å². The van der Waals surface area contributed by atoms with Crippen molar-refractivity contribution in [1.29, 1.82) is 0 Å². The van der Waals surface area contributed by atoms with Crippen molar-refractivity contribution in [1.82, 2.24) is 0 Å². The Morgan fingerprint density at radius 3 is 2.20 bits per heavy atom. The molecule has 0 saturated carbocycles. The van der Waals surface area contributed by atoms with Crippen molar-refractivity contribution in [3.05, 3.63) is 53.7 Å². The molecule has 0 fully saturated rings. The van der Waals surface area contributed by atoms with Gasteiger partial charge in [-0.25, -0.2) is 0 Å². The molecule has 0 spiro atoms. The van der Waals surface area contributed by atoms with Crippen LogP contribution in [0.1, 0.15) is 6.92 Å². The van der Waals surface area contributed by atoms with Gasteiger partial charge < -0.3 is 0 Å². The lowest BCUT2D eigenvalue weighted by Gasteiger charge is -2.05. The van der Waals surface area contributed by atoms with Gasteiger partial charge in [-0.2, -0.15) is 0 Å². The van der Waals surface area contributed by atoms with Crippen molar-refractivity contribution in [2.45, 2.75) is 6.92 Å². The van der Waals surface area contributed by atoms with Crippen LogP contribution >= 0.6 is 0 Å². The van der Waals surface area contributed by atoms with E-state index in [2.05, 4.69) is 61.5 Å². The summed E-state index contributed by atoms with van der Waals surface area (Å²) >= 11 is 0. The Balaban J connectivity index is 2.73. The minimum absolute atomic E-state index is 1.32. The van der Waals surface area contributed by atoms with E-state index in [1.54, 1.807) is 0 Å². The molecule has 0 aromatic heterocycles. The van der Waals surface area contributed by atoms with Crippen LogP contribution in [0.2, 0.25) is 0 Å². The van der Waals surface area contributed by atoms with Gasteiger partial charge in [0, 0.05) is 0 Å². The fourth-order valence-corrected chi connectivity index (χ4v) is 2.27. The highest BCUT2D eigenvalue weighted by molar-refractivity contribution is 6.10. The Hall–Kier alpha value is -1.82. The summed E-state index contributed by atoms with van der Waals surface area (Å²) < 4.78 is 0. The molecular weight excluding hydrogens is 180 g/mol. The Bertz CT molecular complexity index is 655. The quantitative estimate of drug-likeness (QED) is 0.511. The summed E-state index contributed by atoms with van der Waals surface area (Å²) in [7, 11) is 0. The standard InChI is InChI=1S/C15H12/c1-2-11-9-10-13-6-3-5-12-7-4-8-14(11)15(12)13/h2-10H,1H3/b11-2-. The topological polar surface area (TPSA) is 0 Å². The van der Waals surface area contributed by atoms with Crippen LogP contribution in [0, 0.1) is 0 Å². The second-order valence-corrected chi connectivity index (χ2v) is 3.83. The molecule has 3 aromatic carbocycles. The van der Waals surface area contributed by atoms with Crippen molar-refractivity contribution in [2.24, 2.45) is 0 Å². The average Bonchev–Trinajstić information content (AvgIpc) is 2.30. The summed E-state index contributed by atoms with van der Waals surface area (Å²) in [6.07, 6.45) is 2.17. The fraction of sp³-hybridized carbons (Fsp3) is 0.0667. The van der Waals surface area contributed by atoms with Crippen molar-refractivity contribution in [3.8, 4) is 0 Å². The van der Waals surface area contributed by atoms with E-state index in [0.717, 1.165) is 0 Å². The number of rotatable bonds is 0. The summed E-state index contributed by atoms with van der Waals surface area (Å²) in [5.41, 5.74) is 0. The van der Waals surface area contributed by atoms with E-state index in [1.807, 2.05) is 0 Å². The lowest BCUT2D eigenvalue weighted by molar-refractivity contribution is 1.68. The minimum atomic E-state index is 1.32. The van der Waals surface area contributed by atoms with E-state index in [9.17, 15) is 0 Å². The van der Waals surface area contributed by atoms with Gasteiger partial charge in [-0.1, -0.05) is 54.6 Å². The maximum absolute atomic E-state index is 2.20. The lowest BCUT2D eigenvalue weighted by Crippen LogP contribution is -2.00. The molecule has 3 aromatic rings. The highest BCUT2D eigenvalue weighted by Crippen LogP contribution is 2.23. The molecule has 0 aliphatic heterocycles. The number of hydrogen-bond donors (Lipinski definition) is 0. The van der Waals surface area contributed by atoms with Gasteiger partial charge >= 0.3 is 0 Å². The van der Waals surface area contributed by atoms with Crippen LogP contribution in [0.4, 0.5) is 0 Å². The Labute approximate surface area is 88.8 Å². The van der Waals surface area contributed by atoms with Crippen molar-refractivity contribution in [2.75, 3.05) is 0 Å². The molecule has 0 aliphatic rings. The van der Waals surface area contributed by atoms with Crippen LogP contribution in [0.25, 0.3) is 27.6 Å². The zero-order valence-electron chi connectivity index (χ0n) is 8.70. The van der Waals surface area contributed by atoms with Gasteiger partial charge in [-0.05, 0) is 33.7 Å². The predicted octanol–water partition coefficient (Wildman–Crippen LogP) is 3.51. The molecule has 0 aliphatic carbocycles. The Morgan fingerprint density at radius 2 is 1.47 bits per heavy atom. The summed E-state index contributed by atoms with van der Waals surface area (Å²) in [6, 6.07) is 17.4. The molecule has 0 amide bonds. The fourth-order valence-electron chi connectivity index (χ4n) is 2.27. The summed E-state index contributed by atoms with van der Waals surface area (Å²) in [5.74, 6) is 0. The monoisotopic (exact) mass is 192 g/mol. The number of hydrogen-bond acceptors (Lipinski definition) is 0. The normalized spacial score (nSPS) is 12.7. The molecule has 72 valence electrons. The molecule has 0 saturated heterocycles. The highest BCUT2D eigenvalue weighted by atomic mass is 14.0. The highest BCUT2D eigenvalue weighted by Gasteiger charge is 2.00. The average molecular weight is 192 g/mol. The third-order valence-electron chi connectivity index (χ3n) is 3.00. The Kier molecular flexibility index (Phi) is 1.75. The van der Waals surface area contributed by atoms with Gasteiger partial charge in [0.15, 0.2) is 0 Å².